The van der Waals surface area contributed by atoms with Gasteiger partial charge >= 0.3 is 0 Å². The molecule has 1 heterocycles. The van der Waals surface area contributed by atoms with Crippen molar-refractivity contribution in [2.75, 3.05) is 25.5 Å². The van der Waals surface area contributed by atoms with Crippen LogP contribution in [0.2, 0.25) is 0 Å². The molecule has 0 bridgehead atoms. The van der Waals surface area contributed by atoms with Crippen molar-refractivity contribution < 1.29 is 18.7 Å². The minimum atomic E-state index is -0.291. The minimum absolute atomic E-state index is 0.0458. The third-order valence-corrected chi connectivity index (χ3v) is 3.34. The number of hydrogen-bond acceptors (Lipinski definition) is 4. The van der Waals surface area contributed by atoms with Crippen molar-refractivity contribution in [2.45, 2.75) is 6.92 Å². The zero-order chi connectivity index (χ0) is 17.4. The zero-order valence-corrected chi connectivity index (χ0v) is 13.7. The molecule has 0 radical (unpaired) electrons. The maximum atomic E-state index is 12.2. The highest BCUT2D eigenvalue weighted by Gasteiger charge is 2.14. The lowest BCUT2D eigenvalue weighted by molar-refractivity contribution is -0.130. The molecule has 1 aromatic heterocycles. The molecule has 6 nitrogen and oxygen atoms in total. The average Bonchev–Trinajstić information content (AvgIpc) is 3.11. The SMILES string of the molecule is CCN(CC(=O)Nc1ccccc1OC)C(=O)/C=C/c1ccco1. The van der Waals surface area contributed by atoms with Crippen LogP contribution in [-0.2, 0) is 9.59 Å². The Hall–Kier alpha value is -3.02. The molecule has 24 heavy (non-hydrogen) atoms. The molecule has 0 spiro atoms. The molecule has 0 atom stereocenters. The van der Waals surface area contributed by atoms with Crippen LogP contribution < -0.4 is 10.1 Å². The average molecular weight is 328 g/mol. The van der Waals surface area contributed by atoms with Gasteiger partial charge in [0.2, 0.25) is 11.8 Å². The molecule has 0 saturated heterocycles. The third kappa shape index (κ3) is 4.74. The molecule has 0 saturated carbocycles. The number of nitrogens with one attached hydrogen (secondary N) is 1. The van der Waals surface area contributed by atoms with Crippen LogP contribution in [0.5, 0.6) is 5.75 Å². The summed E-state index contributed by atoms with van der Waals surface area (Å²) in [6, 6.07) is 10.6. The van der Waals surface area contributed by atoms with Gasteiger partial charge in [-0.15, -0.1) is 0 Å². The number of methoxy groups -OCH3 is 1. The largest absolute Gasteiger partial charge is 0.495 e. The number of nitrogens with zero attached hydrogens (tertiary/aromatic N) is 1. The van der Waals surface area contributed by atoms with Gasteiger partial charge < -0.3 is 19.4 Å². The maximum Gasteiger partial charge on any atom is 0.247 e. The topological polar surface area (TPSA) is 71.8 Å². The van der Waals surface area contributed by atoms with Crippen LogP contribution in [0.3, 0.4) is 0 Å². The van der Waals surface area contributed by atoms with Crippen molar-refractivity contribution in [1.29, 1.82) is 0 Å². The van der Waals surface area contributed by atoms with E-state index in [0.29, 0.717) is 23.7 Å². The summed E-state index contributed by atoms with van der Waals surface area (Å²) in [6.45, 7) is 2.19. The molecule has 2 aromatic rings. The van der Waals surface area contributed by atoms with Crippen LogP contribution in [0.15, 0.2) is 53.2 Å². The van der Waals surface area contributed by atoms with Gasteiger partial charge in [0.05, 0.1) is 19.1 Å². The normalized spacial score (nSPS) is 10.6. The number of carbonyl (C=O) groups is 2. The van der Waals surface area contributed by atoms with Gasteiger partial charge in [-0.25, -0.2) is 0 Å². The van der Waals surface area contributed by atoms with Gasteiger partial charge in [-0.3, -0.25) is 9.59 Å². The number of benzene rings is 1. The molecule has 0 fully saturated rings. The summed E-state index contributed by atoms with van der Waals surface area (Å²) >= 11 is 0. The number of rotatable bonds is 7. The third-order valence-electron chi connectivity index (χ3n) is 3.34. The molecule has 1 N–H and O–H groups in total. The second-order valence-electron chi connectivity index (χ2n) is 4.95. The van der Waals surface area contributed by atoms with Gasteiger partial charge in [-0.05, 0) is 37.3 Å². The minimum Gasteiger partial charge on any atom is -0.495 e. The summed E-state index contributed by atoms with van der Waals surface area (Å²) in [5.74, 6) is 0.598. The van der Waals surface area contributed by atoms with Crippen molar-refractivity contribution in [3.05, 3.63) is 54.5 Å². The number of likely N-dealkylation sites (N-methyl/N-ethyl adjacent to an activating group) is 1. The van der Waals surface area contributed by atoms with Gasteiger partial charge in [0.15, 0.2) is 0 Å². The molecular weight excluding hydrogens is 308 g/mol. The van der Waals surface area contributed by atoms with Gasteiger partial charge in [0.25, 0.3) is 0 Å². The standard InChI is InChI=1S/C18H20N2O4/c1-3-20(18(22)11-10-14-7-6-12-24-14)13-17(21)19-15-8-4-5-9-16(15)23-2/h4-12H,3,13H2,1-2H3,(H,19,21)/b11-10+. The van der Waals surface area contributed by atoms with E-state index in [1.165, 1.54) is 24.3 Å². The predicted molar refractivity (Wildman–Crippen MR) is 91.6 cm³/mol. The monoisotopic (exact) mass is 328 g/mol. The Bertz CT molecular complexity index is 708. The van der Waals surface area contributed by atoms with Crippen LogP contribution in [-0.4, -0.2) is 36.9 Å². The van der Waals surface area contributed by atoms with Crippen LogP contribution in [0.4, 0.5) is 5.69 Å². The summed E-state index contributed by atoms with van der Waals surface area (Å²) in [6.07, 6.45) is 4.49. The van der Waals surface area contributed by atoms with E-state index in [1.807, 2.05) is 13.0 Å². The number of para-hydroxylation sites is 2. The van der Waals surface area contributed by atoms with Gasteiger partial charge in [0.1, 0.15) is 18.1 Å². The van der Waals surface area contributed by atoms with E-state index in [0.717, 1.165) is 0 Å². The Morgan fingerprint density at radius 3 is 2.71 bits per heavy atom. The fourth-order valence-electron chi connectivity index (χ4n) is 2.10. The lowest BCUT2D eigenvalue weighted by Crippen LogP contribution is -2.36. The smallest absolute Gasteiger partial charge is 0.247 e. The lowest BCUT2D eigenvalue weighted by atomic mass is 10.3. The van der Waals surface area contributed by atoms with Crippen molar-refractivity contribution in [3.63, 3.8) is 0 Å². The number of carbonyl (C=O) groups excluding carboxylic acids is 2. The van der Waals surface area contributed by atoms with E-state index in [-0.39, 0.29) is 18.4 Å². The molecule has 0 aliphatic rings. The van der Waals surface area contributed by atoms with Gasteiger partial charge in [-0.2, -0.15) is 0 Å². The van der Waals surface area contributed by atoms with E-state index in [9.17, 15) is 9.59 Å². The zero-order valence-electron chi connectivity index (χ0n) is 13.7. The van der Waals surface area contributed by atoms with Crippen LogP contribution in [0.1, 0.15) is 12.7 Å². The second-order valence-corrected chi connectivity index (χ2v) is 4.95. The van der Waals surface area contributed by atoms with Crippen LogP contribution >= 0.6 is 0 Å². The quantitative estimate of drug-likeness (QED) is 0.793. The fourth-order valence-corrected chi connectivity index (χ4v) is 2.10. The Kier molecular flexibility index (Phi) is 6.19. The first kappa shape index (κ1) is 17.3. The van der Waals surface area contributed by atoms with E-state index in [4.69, 9.17) is 9.15 Å². The van der Waals surface area contributed by atoms with E-state index < -0.39 is 0 Å². The first-order chi connectivity index (χ1) is 11.6. The highest BCUT2D eigenvalue weighted by atomic mass is 16.5. The summed E-state index contributed by atoms with van der Waals surface area (Å²) in [5.41, 5.74) is 0.569. The number of ether oxygens (including phenoxy) is 1. The number of hydrogen-bond donors (Lipinski definition) is 1. The Balaban J connectivity index is 1.96. The first-order valence-corrected chi connectivity index (χ1v) is 7.57. The molecule has 2 rings (SSSR count). The van der Waals surface area contributed by atoms with Crippen molar-refractivity contribution in [3.8, 4) is 5.75 Å². The first-order valence-electron chi connectivity index (χ1n) is 7.57. The van der Waals surface area contributed by atoms with Crippen LogP contribution in [0, 0.1) is 0 Å². The van der Waals surface area contributed by atoms with Gasteiger partial charge in [0, 0.05) is 12.6 Å². The molecule has 126 valence electrons. The molecule has 0 aliphatic heterocycles. The highest BCUT2D eigenvalue weighted by molar-refractivity contribution is 5.98. The Morgan fingerprint density at radius 1 is 1.25 bits per heavy atom. The molecule has 6 heteroatoms. The summed E-state index contributed by atoms with van der Waals surface area (Å²) in [5, 5.41) is 2.75. The Morgan fingerprint density at radius 2 is 2.04 bits per heavy atom. The lowest BCUT2D eigenvalue weighted by Gasteiger charge is -2.19. The molecule has 0 unspecified atom stereocenters. The predicted octanol–water partition coefficient (Wildman–Crippen LogP) is 2.79. The number of anilines is 1. The Labute approximate surface area is 140 Å². The maximum absolute atomic E-state index is 12.2. The molecule has 1 aromatic carbocycles. The van der Waals surface area contributed by atoms with E-state index >= 15 is 0 Å². The van der Waals surface area contributed by atoms with E-state index in [2.05, 4.69) is 5.32 Å². The van der Waals surface area contributed by atoms with E-state index in [1.54, 1.807) is 36.4 Å². The van der Waals surface area contributed by atoms with Crippen LogP contribution in [0.25, 0.3) is 6.08 Å². The number of furan rings is 1. The van der Waals surface area contributed by atoms with Crippen molar-refractivity contribution in [1.82, 2.24) is 4.90 Å². The molecule has 2 amide bonds. The highest BCUT2D eigenvalue weighted by Crippen LogP contribution is 2.22. The van der Waals surface area contributed by atoms with Gasteiger partial charge in [-0.1, -0.05) is 12.1 Å². The number of amides is 2. The molecule has 0 aliphatic carbocycles. The summed E-state index contributed by atoms with van der Waals surface area (Å²) < 4.78 is 10.3. The van der Waals surface area contributed by atoms with Crippen molar-refractivity contribution in [2.24, 2.45) is 0 Å². The second kappa shape index (κ2) is 8.57. The van der Waals surface area contributed by atoms with Crippen molar-refractivity contribution >= 4 is 23.6 Å². The fraction of sp³-hybridized carbons (Fsp3) is 0.222. The summed E-state index contributed by atoms with van der Waals surface area (Å²) in [4.78, 5) is 25.8. The molecular formula is C18H20N2O4. The summed E-state index contributed by atoms with van der Waals surface area (Å²) in [7, 11) is 1.53.